The van der Waals surface area contributed by atoms with E-state index in [4.69, 9.17) is 5.11 Å². The molecule has 0 aromatic carbocycles. The maximum absolute atomic E-state index is 11.6. The summed E-state index contributed by atoms with van der Waals surface area (Å²) in [5.41, 5.74) is 0. The van der Waals surface area contributed by atoms with Crippen molar-refractivity contribution in [3.05, 3.63) is 0 Å². The van der Waals surface area contributed by atoms with Gasteiger partial charge in [-0.25, -0.2) is 0 Å². The van der Waals surface area contributed by atoms with Crippen LogP contribution in [-0.4, -0.2) is 48.6 Å². The van der Waals surface area contributed by atoms with E-state index in [2.05, 4.69) is 16.0 Å². The van der Waals surface area contributed by atoms with Gasteiger partial charge in [0, 0.05) is 13.1 Å². The number of rotatable bonds is 5. The first-order valence-corrected chi connectivity index (χ1v) is 5.51. The smallest absolute Gasteiger partial charge is 0.306 e. The predicted molar refractivity (Wildman–Crippen MR) is 59.2 cm³/mol. The molecule has 0 aliphatic carbocycles. The lowest BCUT2D eigenvalue weighted by Gasteiger charge is -2.23. The molecule has 7 nitrogen and oxygen atoms in total. The number of carboxylic acids is 1. The van der Waals surface area contributed by atoms with Crippen molar-refractivity contribution in [3.8, 4) is 0 Å². The zero-order valence-corrected chi connectivity index (χ0v) is 9.66. The number of carboxylic acid groups (broad SMARTS) is 1. The number of carbonyl (C=O) groups is 3. The van der Waals surface area contributed by atoms with Gasteiger partial charge in [-0.15, -0.1) is 0 Å². The molecule has 1 saturated heterocycles. The summed E-state index contributed by atoms with van der Waals surface area (Å²) in [7, 11) is 0. The molecule has 1 rings (SSSR count). The van der Waals surface area contributed by atoms with Crippen molar-refractivity contribution >= 4 is 17.8 Å². The van der Waals surface area contributed by atoms with E-state index >= 15 is 0 Å². The van der Waals surface area contributed by atoms with Crippen molar-refractivity contribution in [2.45, 2.75) is 19.4 Å². The number of hydrogen-bond donors (Lipinski definition) is 4. The second-order valence-electron chi connectivity index (χ2n) is 4.06. The number of nitrogens with one attached hydrogen (secondary N) is 3. The van der Waals surface area contributed by atoms with Crippen molar-refractivity contribution in [2.75, 3.05) is 19.6 Å². The molecule has 0 aromatic rings. The Bertz CT molecular complexity index is 309. The van der Waals surface area contributed by atoms with Gasteiger partial charge in [0.2, 0.25) is 11.8 Å². The number of carbonyl (C=O) groups excluding carboxylic acids is 2. The molecule has 1 heterocycles. The zero-order chi connectivity index (χ0) is 12.8. The molecule has 2 amide bonds. The average molecular weight is 243 g/mol. The fraction of sp³-hybridized carbons (Fsp3) is 0.700. The normalized spacial score (nSPS) is 21.5. The predicted octanol–water partition coefficient (Wildman–Crippen LogP) is -1.70. The second kappa shape index (κ2) is 6.19. The highest BCUT2D eigenvalue weighted by Gasteiger charge is 2.23. The highest BCUT2D eigenvalue weighted by Crippen LogP contribution is 1.99. The maximum Gasteiger partial charge on any atom is 0.306 e. The zero-order valence-electron chi connectivity index (χ0n) is 9.66. The third-order valence-electron chi connectivity index (χ3n) is 2.63. The molecule has 96 valence electrons. The van der Waals surface area contributed by atoms with Crippen LogP contribution in [0.15, 0.2) is 0 Å². The Morgan fingerprint density at radius 2 is 2.29 bits per heavy atom. The van der Waals surface area contributed by atoms with Crippen molar-refractivity contribution < 1.29 is 19.5 Å². The van der Waals surface area contributed by atoms with Gasteiger partial charge in [0.25, 0.3) is 0 Å². The van der Waals surface area contributed by atoms with Gasteiger partial charge < -0.3 is 15.7 Å². The Morgan fingerprint density at radius 3 is 2.82 bits per heavy atom. The van der Waals surface area contributed by atoms with Crippen LogP contribution in [0.3, 0.4) is 0 Å². The average Bonchev–Trinajstić information content (AvgIpc) is 2.29. The molecule has 1 aliphatic rings. The Morgan fingerprint density at radius 1 is 1.59 bits per heavy atom. The fourth-order valence-corrected chi connectivity index (χ4v) is 1.41. The van der Waals surface area contributed by atoms with Gasteiger partial charge in [-0.3, -0.25) is 19.7 Å². The summed E-state index contributed by atoms with van der Waals surface area (Å²) in [5.74, 6) is -1.70. The molecular weight excluding hydrogens is 226 g/mol. The molecule has 0 radical (unpaired) electrons. The molecule has 0 saturated carbocycles. The van der Waals surface area contributed by atoms with Crippen LogP contribution in [0.1, 0.15) is 13.3 Å². The molecule has 0 aromatic heterocycles. The first-order valence-electron chi connectivity index (χ1n) is 5.51. The Hall–Kier alpha value is -1.63. The summed E-state index contributed by atoms with van der Waals surface area (Å²) in [6, 6.07) is -0.437. The van der Waals surface area contributed by atoms with E-state index in [0.29, 0.717) is 13.0 Å². The number of aliphatic carboxylic acids is 1. The monoisotopic (exact) mass is 243 g/mol. The topological polar surface area (TPSA) is 108 Å². The van der Waals surface area contributed by atoms with E-state index in [0.717, 1.165) is 0 Å². The van der Waals surface area contributed by atoms with Crippen molar-refractivity contribution in [1.29, 1.82) is 0 Å². The third kappa shape index (κ3) is 4.39. The molecule has 4 N–H and O–H groups in total. The molecule has 1 aliphatic heterocycles. The van der Waals surface area contributed by atoms with Gasteiger partial charge in [0.15, 0.2) is 0 Å². The molecule has 0 bridgehead atoms. The second-order valence-corrected chi connectivity index (χ2v) is 4.06. The number of hydrogen-bond acceptors (Lipinski definition) is 4. The first-order chi connectivity index (χ1) is 8.00. The van der Waals surface area contributed by atoms with Gasteiger partial charge in [-0.2, -0.15) is 0 Å². The van der Waals surface area contributed by atoms with Gasteiger partial charge >= 0.3 is 5.97 Å². The molecule has 1 fully saturated rings. The fourth-order valence-electron chi connectivity index (χ4n) is 1.41. The van der Waals surface area contributed by atoms with Gasteiger partial charge in [-0.1, -0.05) is 6.92 Å². The lowest BCUT2D eigenvalue weighted by molar-refractivity contribution is -0.141. The minimum Gasteiger partial charge on any atom is -0.481 e. The minimum absolute atomic E-state index is 0.129. The largest absolute Gasteiger partial charge is 0.481 e. The molecular formula is C10H17N3O4. The summed E-state index contributed by atoms with van der Waals surface area (Å²) in [4.78, 5) is 33.0. The molecule has 0 spiro atoms. The maximum atomic E-state index is 11.6. The molecule has 2 unspecified atom stereocenters. The Labute approximate surface area is 98.9 Å². The van der Waals surface area contributed by atoms with Gasteiger partial charge in [0.05, 0.1) is 12.5 Å². The van der Waals surface area contributed by atoms with Crippen LogP contribution in [0.4, 0.5) is 0 Å². The van der Waals surface area contributed by atoms with Crippen LogP contribution < -0.4 is 16.0 Å². The molecule has 2 atom stereocenters. The summed E-state index contributed by atoms with van der Waals surface area (Å²) in [6.07, 6.45) is 0.389. The van der Waals surface area contributed by atoms with Crippen LogP contribution in [0.5, 0.6) is 0 Å². The van der Waals surface area contributed by atoms with Crippen LogP contribution >= 0.6 is 0 Å². The first kappa shape index (κ1) is 13.4. The van der Waals surface area contributed by atoms with Gasteiger partial charge in [-0.05, 0) is 6.42 Å². The SMILES string of the molecule is CC(CCNC(=O)C1CNC(=O)CN1)C(=O)O. The van der Waals surface area contributed by atoms with E-state index in [9.17, 15) is 14.4 Å². The number of amides is 2. The highest BCUT2D eigenvalue weighted by molar-refractivity contribution is 5.86. The van der Waals surface area contributed by atoms with E-state index in [1.54, 1.807) is 6.92 Å². The van der Waals surface area contributed by atoms with E-state index in [1.165, 1.54) is 0 Å². The number of piperazine rings is 1. The van der Waals surface area contributed by atoms with Crippen LogP contribution in [0, 0.1) is 5.92 Å². The van der Waals surface area contributed by atoms with E-state index < -0.39 is 17.9 Å². The summed E-state index contributed by atoms with van der Waals surface area (Å²) in [5, 5.41) is 16.7. The lowest BCUT2D eigenvalue weighted by atomic mass is 10.1. The molecule has 17 heavy (non-hydrogen) atoms. The van der Waals surface area contributed by atoms with Crippen molar-refractivity contribution in [1.82, 2.24) is 16.0 Å². The quantitative estimate of drug-likeness (QED) is 0.460. The van der Waals surface area contributed by atoms with Gasteiger partial charge in [0.1, 0.15) is 6.04 Å². The lowest BCUT2D eigenvalue weighted by Crippen LogP contribution is -2.58. The van der Waals surface area contributed by atoms with Crippen LogP contribution in [-0.2, 0) is 14.4 Å². The van der Waals surface area contributed by atoms with Crippen LogP contribution in [0.2, 0.25) is 0 Å². The minimum atomic E-state index is -0.873. The van der Waals surface area contributed by atoms with Crippen LogP contribution in [0.25, 0.3) is 0 Å². The Balaban J connectivity index is 2.21. The summed E-state index contributed by atoms with van der Waals surface area (Å²) in [6.45, 7) is 2.30. The Kier molecular flexibility index (Phi) is 4.89. The van der Waals surface area contributed by atoms with Crippen molar-refractivity contribution in [3.63, 3.8) is 0 Å². The highest BCUT2D eigenvalue weighted by atomic mass is 16.4. The standard InChI is InChI=1S/C10H17N3O4/c1-6(10(16)17)2-3-11-9(15)7-4-13-8(14)5-12-7/h6-7,12H,2-5H2,1H3,(H,11,15)(H,13,14)(H,16,17). The summed E-state index contributed by atoms with van der Waals surface area (Å²) >= 11 is 0. The van der Waals surface area contributed by atoms with E-state index in [1.807, 2.05) is 0 Å². The van der Waals surface area contributed by atoms with Crippen molar-refractivity contribution in [2.24, 2.45) is 5.92 Å². The summed E-state index contributed by atoms with van der Waals surface area (Å²) < 4.78 is 0. The molecule has 7 heteroatoms. The van der Waals surface area contributed by atoms with E-state index in [-0.39, 0.29) is 24.9 Å². The third-order valence-corrected chi connectivity index (χ3v) is 2.63.